The Morgan fingerprint density at radius 1 is 1.07 bits per heavy atom. The summed E-state index contributed by atoms with van der Waals surface area (Å²) in [6.45, 7) is 4.51. The Kier molecular flexibility index (Phi) is 8.32. The van der Waals surface area contributed by atoms with Crippen molar-refractivity contribution in [2.45, 2.75) is 6.54 Å². The van der Waals surface area contributed by atoms with E-state index in [0.717, 1.165) is 43.0 Å². The van der Waals surface area contributed by atoms with Crippen LogP contribution in [0.4, 0.5) is 11.5 Å². The molecule has 0 aliphatic carbocycles. The van der Waals surface area contributed by atoms with Gasteiger partial charge in [0.05, 0.1) is 26.3 Å². The Bertz CT molecular complexity index is 839. The van der Waals surface area contributed by atoms with Gasteiger partial charge in [-0.2, -0.15) is 0 Å². The Hall–Kier alpha value is -2.33. The maximum Gasteiger partial charge on any atom is 0.239 e. The zero-order valence-electron chi connectivity index (χ0n) is 16.9. The van der Waals surface area contributed by atoms with Crippen LogP contribution in [-0.4, -0.2) is 73.0 Å². The van der Waals surface area contributed by atoms with Gasteiger partial charge < -0.3 is 15.4 Å². The van der Waals surface area contributed by atoms with Crippen LogP contribution in [0.2, 0.25) is 0 Å². The number of pyridine rings is 1. The second-order valence-corrected chi connectivity index (χ2v) is 8.13. The lowest BCUT2D eigenvalue weighted by Crippen LogP contribution is -2.36. The Labute approximate surface area is 184 Å². The molecule has 0 saturated carbocycles. The first kappa shape index (κ1) is 22.4. The van der Waals surface area contributed by atoms with E-state index >= 15 is 0 Å². The van der Waals surface area contributed by atoms with Gasteiger partial charge in [-0.1, -0.05) is 12.1 Å². The minimum atomic E-state index is -0.229. The quantitative estimate of drug-likeness (QED) is 0.608. The van der Waals surface area contributed by atoms with E-state index in [1.165, 1.54) is 5.56 Å². The number of hydrogen-bond acceptors (Lipinski definition) is 6. The van der Waals surface area contributed by atoms with Crippen LogP contribution >= 0.6 is 15.9 Å². The summed E-state index contributed by atoms with van der Waals surface area (Å²) in [6.07, 6.45) is 1.61. The minimum Gasteiger partial charge on any atom is -0.379 e. The zero-order valence-corrected chi connectivity index (χ0v) is 18.5. The predicted molar refractivity (Wildman–Crippen MR) is 119 cm³/mol. The number of hydrogen-bond donors (Lipinski definition) is 2. The fourth-order valence-electron chi connectivity index (χ4n) is 3.09. The molecule has 3 rings (SSSR count). The van der Waals surface area contributed by atoms with E-state index < -0.39 is 0 Å². The number of nitrogens with zero attached hydrogens (tertiary/aromatic N) is 3. The molecule has 8 nitrogen and oxygen atoms in total. The summed E-state index contributed by atoms with van der Waals surface area (Å²) in [5, 5.41) is 5.58. The number of benzene rings is 1. The lowest BCUT2D eigenvalue weighted by atomic mass is 10.2. The molecule has 2 aromatic rings. The van der Waals surface area contributed by atoms with E-state index in [2.05, 4.69) is 36.4 Å². The molecule has 1 aromatic carbocycles. The van der Waals surface area contributed by atoms with Crippen molar-refractivity contribution in [3.63, 3.8) is 0 Å². The summed E-state index contributed by atoms with van der Waals surface area (Å²) in [5.41, 5.74) is 1.94. The lowest BCUT2D eigenvalue weighted by Gasteiger charge is -2.26. The van der Waals surface area contributed by atoms with Crippen LogP contribution in [0.1, 0.15) is 5.56 Å². The Balaban J connectivity index is 1.40. The number of ether oxygens (including phenoxy) is 1. The molecule has 1 fully saturated rings. The highest BCUT2D eigenvalue weighted by molar-refractivity contribution is 9.10. The van der Waals surface area contributed by atoms with E-state index in [4.69, 9.17) is 4.74 Å². The molecule has 0 atom stereocenters. The third-order valence-electron chi connectivity index (χ3n) is 4.57. The molecular formula is C21H26BrN5O3. The van der Waals surface area contributed by atoms with E-state index in [9.17, 15) is 9.59 Å². The second kappa shape index (κ2) is 11.2. The van der Waals surface area contributed by atoms with Crippen molar-refractivity contribution in [1.29, 1.82) is 0 Å². The standard InChI is InChI=1S/C21H26BrN5O3/c1-26(15-21(29)25-19-7-4-17(22)12-23-19)14-20(28)24-18-5-2-16(3-6-18)13-27-8-10-30-11-9-27/h2-7,12H,8-11,13-15H2,1H3,(H,24,28)(H,23,25,29). The second-order valence-electron chi connectivity index (χ2n) is 7.22. The van der Waals surface area contributed by atoms with Gasteiger partial charge in [-0.3, -0.25) is 19.4 Å². The van der Waals surface area contributed by atoms with Gasteiger partial charge in [-0.25, -0.2) is 4.98 Å². The van der Waals surface area contributed by atoms with Crippen molar-refractivity contribution >= 4 is 39.2 Å². The third-order valence-corrected chi connectivity index (χ3v) is 5.04. The number of anilines is 2. The number of morpholine rings is 1. The number of nitrogens with one attached hydrogen (secondary N) is 2. The molecule has 0 bridgehead atoms. The van der Waals surface area contributed by atoms with Crippen LogP contribution in [0, 0.1) is 0 Å². The van der Waals surface area contributed by atoms with E-state index in [1.54, 1.807) is 30.3 Å². The number of carbonyl (C=O) groups is 2. The largest absolute Gasteiger partial charge is 0.379 e. The highest BCUT2D eigenvalue weighted by Crippen LogP contribution is 2.13. The number of likely N-dealkylation sites (N-methyl/N-ethyl adjacent to an activating group) is 1. The monoisotopic (exact) mass is 475 g/mol. The van der Waals surface area contributed by atoms with Gasteiger partial charge in [0, 0.05) is 36.0 Å². The first-order chi connectivity index (χ1) is 14.5. The van der Waals surface area contributed by atoms with Gasteiger partial charge in [0.25, 0.3) is 0 Å². The topological polar surface area (TPSA) is 86.8 Å². The summed E-state index contributed by atoms with van der Waals surface area (Å²) in [7, 11) is 1.72. The predicted octanol–water partition coefficient (Wildman–Crippen LogP) is 2.19. The summed E-state index contributed by atoms with van der Waals surface area (Å²) >= 11 is 3.30. The number of aromatic nitrogens is 1. The molecule has 2 N–H and O–H groups in total. The minimum absolute atomic E-state index is 0.0870. The third kappa shape index (κ3) is 7.49. The average Bonchev–Trinajstić information content (AvgIpc) is 2.71. The van der Waals surface area contributed by atoms with Crippen molar-refractivity contribution in [3.05, 3.63) is 52.6 Å². The number of amides is 2. The first-order valence-corrected chi connectivity index (χ1v) is 10.6. The highest BCUT2D eigenvalue weighted by atomic mass is 79.9. The summed E-state index contributed by atoms with van der Waals surface area (Å²) < 4.78 is 6.20. The summed E-state index contributed by atoms with van der Waals surface area (Å²) in [5.74, 6) is 0.0683. The van der Waals surface area contributed by atoms with Crippen molar-refractivity contribution in [3.8, 4) is 0 Å². The van der Waals surface area contributed by atoms with E-state index in [-0.39, 0.29) is 24.9 Å². The number of halogens is 1. The van der Waals surface area contributed by atoms with Crippen LogP contribution < -0.4 is 10.6 Å². The summed E-state index contributed by atoms with van der Waals surface area (Å²) in [6, 6.07) is 11.4. The van der Waals surface area contributed by atoms with E-state index in [1.807, 2.05) is 24.3 Å². The molecule has 1 aromatic heterocycles. The van der Waals surface area contributed by atoms with Crippen molar-refractivity contribution in [2.24, 2.45) is 0 Å². The van der Waals surface area contributed by atoms with Crippen LogP contribution in [0.3, 0.4) is 0 Å². The van der Waals surface area contributed by atoms with Crippen LogP contribution in [0.15, 0.2) is 47.1 Å². The van der Waals surface area contributed by atoms with Crippen molar-refractivity contribution in [2.75, 3.05) is 57.1 Å². The fraction of sp³-hybridized carbons (Fsp3) is 0.381. The average molecular weight is 476 g/mol. The molecule has 0 radical (unpaired) electrons. The van der Waals surface area contributed by atoms with E-state index in [0.29, 0.717) is 5.82 Å². The number of rotatable bonds is 8. The molecule has 1 saturated heterocycles. The van der Waals surface area contributed by atoms with Crippen molar-refractivity contribution < 1.29 is 14.3 Å². The fourth-order valence-corrected chi connectivity index (χ4v) is 3.32. The van der Waals surface area contributed by atoms with Crippen LogP contribution in [0.25, 0.3) is 0 Å². The molecule has 2 heterocycles. The zero-order chi connectivity index (χ0) is 21.3. The molecule has 1 aliphatic heterocycles. The molecule has 0 spiro atoms. The van der Waals surface area contributed by atoms with Gasteiger partial charge in [-0.05, 0) is 52.8 Å². The molecular weight excluding hydrogens is 450 g/mol. The normalized spacial score (nSPS) is 14.5. The molecule has 9 heteroatoms. The Morgan fingerprint density at radius 3 is 2.37 bits per heavy atom. The molecule has 0 unspecified atom stereocenters. The Morgan fingerprint density at radius 2 is 1.73 bits per heavy atom. The van der Waals surface area contributed by atoms with Crippen LogP contribution in [0.5, 0.6) is 0 Å². The lowest BCUT2D eigenvalue weighted by molar-refractivity contribution is -0.119. The number of carbonyl (C=O) groups excluding carboxylic acids is 2. The molecule has 160 valence electrons. The first-order valence-electron chi connectivity index (χ1n) is 9.77. The van der Waals surface area contributed by atoms with Gasteiger partial charge in [-0.15, -0.1) is 0 Å². The molecule has 30 heavy (non-hydrogen) atoms. The van der Waals surface area contributed by atoms with Crippen LogP contribution in [-0.2, 0) is 20.9 Å². The van der Waals surface area contributed by atoms with Gasteiger partial charge in [0.2, 0.25) is 11.8 Å². The van der Waals surface area contributed by atoms with Crippen molar-refractivity contribution in [1.82, 2.24) is 14.8 Å². The maximum atomic E-state index is 12.3. The SMILES string of the molecule is CN(CC(=O)Nc1ccc(CN2CCOCC2)cc1)CC(=O)Nc1ccc(Br)cn1. The molecule has 1 aliphatic rings. The highest BCUT2D eigenvalue weighted by Gasteiger charge is 2.13. The molecule has 2 amide bonds. The smallest absolute Gasteiger partial charge is 0.239 e. The van der Waals surface area contributed by atoms with Gasteiger partial charge >= 0.3 is 0 Å². The summed E-state index contributed by atoms with van der Waals surface area (Å²) in [4.78, 5) is 32.5. The maximum absolute atomic E-state index is 12.3. The van der Waals surface area contributed by atoms with Gasteiger partial charge in [0.15, 0.2) is 0 Å². The van der Waals surface area contributed by atoms with Gasteiger partial charge in [0.1, 0.15) is 5.82 Å².